The quantitative estimate of drug-likeness (QED) is 0.355. The maximum atomic E-state index is 9.53. The average molecular weight is 365 g/mol. The molecule has 0 atom stereocenters. The first-order chi connectivity index (χ1) is 7.25. The summed E-state index contributed by atoms with van der Waals surface area (Å²) in [5, 5.41) is 34.5. The van der Waals surface area contributed by atoms with E-state index in [0.717, 1.165) is 0 Å². The van der Waals surface area contributed by atoms with Crippen LogP contribution in [-0.2, 0) is 57.9 Å². The van der Waals surface area contributed by atoms with Crippen molar-refractivity contribution >= 4 is 23.9 Å². The van der Waals surface area contributed by atoms with Gasteiger partial charge in [0.05, 0.1) is 11.9 Å². The summed E-state index contributed by atoms with van der Waals surface area (Å²) in [6.07, 6.45) is 1.88. The summed E-state index contributed by atoms with van der Waals surface area (Å²) in [6, 6.07) is 0. The molecule has 0 unspecified atom stereocenters. The molecule has 0 aliphatic rings. The fraction of sp³-hybridized carbons (Fsp3) is 0. The monoisotopic (exact) mass is 365 g/mol. The Morgan fingerprint density at radius 1 is 0.619 bits per heavy atom. The van der Waals surface area contributed by atoms with Crippen LogP contribution in [0.1, 0.15) is 0 Å². The van der Waals surface area contributed by atoms with E-state index >= 15 is 0 Å². The molecule has 14 N–H and O–H groups in total. The number of aliphatic carboxylic acids is 4. The number of carboxylic acids is 4. The molecule has 0 aromatic carbocycles. The third kappa shape index (κ3) is 73.5. The molecule has 0 amide bonds. The van der Waals surface area contributed by atoms with Gasteiger partial charge in [0.25, 0.3) is 0 Å². The van der Waals surface area contributed by atoms with Crippen LogP contribution in [0, 0.1) is 0 Å². The van der Waals surface area contributed by atoms with Crippen molar-refractivity contribution in [1.29, 1.82) is 0 Å². The number of hydrogen-bond acceptors (Lipinski definition) is 6. The molecule has 0 aliphatic heterocycles. The second-order valence-corrected chi connectivity index (χ2v) is 1.98. The van der Waals surface area contributed by atoms with Gasteiger partial charge in [0.1, 0.15) is 0 Å². The fourth-order valence-electron chi connectivity index (χ4n) is 0.279. The van der Waals surface area contributed by atoms with Crippen LogP contribution >= 0.6 is 0 Å². The minimum Gasteiger partial charge on any atom is -0.545 e. The van der Waals surface area contributed by atoms with Gasteiger partial charge in [-0.1, -0.05) is 0 Å². The molecular formula is C8H18CoO12+4. The Kier molecular flexibility index (Phi) is 53.6. The molecule has 0 aliphatic carbocycles. The Hall–Kier alpha value is -2.29. The SMILES string of the molecule is O=C([O-])/C=C\C(=O)O.O=C([O-])/C=C\C(=O)O.[Co+2].[OH3+].[OH3+].[OH3+].[OH3+]. The van der Waals surface area contributed by atoms with Crippen molar-refractivity contribution in [3.63, 3.8) is 0 Å². The number of carbonyl (C=O) groups is 4. The molecule has 0 heterocycles. The normalized spacial score (nSPS) is 7.24. The van der Waals surface area contributed by atoms with Crippen molar-refractivity contribution in [2.24, 2.45) is 0 Å². The summed E-state index contributed by atoms with van der Waals surface area (Å²) < 4.78 is 0. The second kappa shape index (κ2) is 26.3. The first-order valence-electron chi connectivity index (χ1n) is 3.49. The van der Waals surface area contributed by atoms with E-state index in [1.807, 2.05) is 0 Å². The zero-order valence-corrected chi connectivity index (χ0v) is 11.3. The molecule has 13 heteroatoms. The van der Waals surface area contributed by atoms with Crippen molar-refractivity contribution < 1.29 is 78.3 Å². The van der Waals surface area contributed by atoms with E-state index in [0.29, 0.717) is 24.3 Å². The summed E-state index contributed by atoms with van der Waals surface area (Å²) >= 11 is 0. The Morgan fingerprint density at radius 3 is 0.857 bits per heavy atom. The molecule has 0 saturated heterocycles. The average Bonchev–Trinajstić information content (AvgIpc) is 2.12. The van der Waals surface area contributed by atoms with Crippen molar-refractivity contribution in [2.75, 3.05) is 0 Å². The molecule has 21 heavy (non-hydrogen) atoms. The Balaban J connectivity index is -0.0000000302. The third-order valence-electron chi connectivity index (χ3n) is 0.724. The smallest absolute Gasteiger partial charge is 0.545 e. The largest absolute Gasteiger partial charge is 2.00 e. The summed E-state index contributed by atoms with van der Waals surface area (Å²) in [6.45, 7) is 0. The van der Waals surface area contributed by atoms with E-state index in [2.05, 4.69) is 0 Å². The number of carboxylic acid groups (broad SMARTS) is 4. The molecule has 0 spiro atoms. The van der Waals surface area contributed by atoms with Gasteiger partial charge in [-0.25, -0.2) is 9.59 Å². The molecule has 127 valence electrons. The Bertz CT molecular complexity index is 281. The van der Waals surface area contributed by atoms with Crippen LogP contribution in [-0.4, -0.2) is 34.1 Å². The fourth-order valence-corrected chi connectivity index (χ4v) is 0.279. The molecular weight excluding hydrogens is 347 g/mol. The number of hydrogen-bond donors (Lipinski definition) is 2. The second-order valence-electron chi connectivity index (χ2n) is 1.98. The molecule has 0 bridgehead atoms. The maximum absolute atomic E-state index is 9.53. The van der Waals surface area contributed by atoms with E-state index in [9.17, 15) is 29.4 Å². The van der Waals surface area contributed by atoms with Crippen LogP contribution in [0.15, 0.2) is 24.3 Å². The van der Waals surface area contributed by atoms with E-state index in [4.69, 9.17) is 10.2 Å². The van der Waals surface area contributed by atoms with Crippen molar-refractivity contribution in [1.82, 2.24) is 0 Å². The molecule has 0 fully saturated rings. The summed E-state index contributed by atoms with van der Waals surface area (Å²) in [7, 11) is 0. The van der Waals surface area contributed by atoms with Crippen LogP contribution in [0.2, 0.25) is 0 Å². The minimum atomic E-state index is -1.51. The zero-order chi connectivity index (χ0) is 13.1. The Morgan fingerprint density at radius 2 is 0.810 bits per heavy atom. The zero-order valence-electron chi connectivity index (χ0n) is 10.3. The van der Waals surface area contributed by atoms with E-state index in [1.54, 1.807) is 0 Å². The van der Waals surface area contributed by atoms with Crippen LogP contribution in [0.5, 0.6) is 0 Å². The molecule has 0 aromatic heterocycles. The van der Waals surface area contributed by atoms with Crippen LogP contribution in [0.25, 0.3) is 0 Å². The summed E-state index contributed by atoms with van der Waals surface area (Å²) in [5.41, 5.74) is 0. The van der Waals surface area contributed by atoms with Gasteiger partial charge in [-0.05, 0) is 12.2 Å². The van der Waals surface area contributed by atoms with Gasteiger partial charge >= 0.3 is 28.7 Å². The molecule has 0 aromatic rings. The van der Waals surface area contributed by atoms with Gasteiger partial charge in [-0.15, -0.1) is 0 Å². The first kappa shape index (κ1) is 42.8. The van der Waals surface area contributed by atoms with E-state index < -0.39 is 23.9 Å². The molecule has 12 nitrogen and oxygen atoms in total. The summed E-state index contributed by atoms with van der Waals surface area (Å²) in [5.74, 6) is -5.61. The van der Waals surface area contributed by atoms with Gasteiger partial charge in [0.15, 0.2) is 0 Å². The van der Waals surface area contributed by atoms with Gasteiger partial charge in [-0.2, -0.15) is 0 Å². The topological polar surface area (TPSA) is 287 Å². The van der Waals surface area contributed by atoms with E-state index in [1.165, 1.54) is 0 Å². The standard InChI is InChI=1S/2C4H4O4.Co.4H2O/c2*5-3(6)1-2-4(7)8;;;;;/h2*1-2H,(H,5,6)(H,7,8);;4*1H2/q;;+2;;;;/p+2/b2*2-1-;;;;;. The summed E-state index contributed by atoms with van der Waals surface area (Å²) in [4.78, 5) is 37.9. The third-order valence-corrected chi connectivity index (χ3v) is 0.724. The molecule has 0 saturated carbocycles. The van der Waals surface area contributed by atoms with Gasteiger partial charge in [0.2, 0.25) is 0 Å². The first-order valence-corrected chi connectivity index (χ1v) is 3.49. The number of rotatable bonds is 4. The number of carbonyl (C=O) groups excluding carboxylic acids is 2. The van der Waals surface area contributed by atoms with Crippen LogP contribution in [0.3, 0.4) is 0 Å². The van der Waals surface area contributed by atoms with Crippen LogP contribution in [0.4, 0.5) is 0 Å². The van der Waals surface area contributed by atoms with Crippen LogP contribution < -0.4 is 10.2 Å². The van der Waals surface area contributed by atoms with Gasteiger partial charge in [-0.3, -0.25) is 0 Å². The van der Waals surface area contributed by atoms with Crippen molar-refractivity contribution in [3.05, 3.63) is 24.3 Å². The predicted octanol–water partition coefficient (Wildman–Crippen LogP) is -6.94. The minimum absolute atomic E-state index is 0. The predicted molar refractivity (Wildman–Crippen MR) is 63.1 cm³/mol. The van der Waals surface area contributed by atoms with Gasteiger partial charge in [0, 0.05) is 12.2 Å². The molecule has 1 radical (unpaired) electrons. The molecule has 0 rings (SSSR count). The van der Waals surface area contributed by atoms with Crippen molar-refractivity contribution in [2.45, 2.75) is 0 Å². The van der Waals surface area contributed by atoms with Gasteiger partial charge < -0.3 is 51.9 Å². The van der Waals surface area contributed by atoms with Crippen molar-refractivity contribution in [3.8, 4) is 0 Å². The Labute approximate surface area is 127 Å². The van der Waals surface area contributed by atoms with E-state index in [-0.39, 0.29) is 38.7 Å². The maximum Gasteiger partial charge on any atom is 2.00 e.